The maximum atomic E-state index is 12.7. The lowest BCUT2D eigenvalue weighted by molar-refractivity contribution is -0.140. The standard InChI is InChI=1S/C16H26N4OS/c1-12-9-17-5-8-20(12)16(21)14-3-6-19(7-4-14)10-15-11-22-13(2)18-15/h11-12,14,17H,3-10H2,1-2H3/t12-/m1/s1. The lowest BCUT2D eigenvalue weighted by atomic mass is 9.94. The topological polar surface area (TPSA) is 48.5 Å². The third-order valence-electron chi connectivity index (χ3n) is 4.77. The summed E-state index contributed by atoms with van der Waals surface area (Å²) in [6.45, 7) is 9.85. The summed E-state index contributed by atoms with van der Waals surface area (Å²) in [5.41, 5.74) is 1.17. The molecule has 2 fully saturated rings. The molecule has 2 aliphatic heterocycles. The maximum absolute atomic E-state index is 12.7. The third-order valence-corrected chi connectivity index (χ3v) is 5.60. The van der Waals surface area contributed by atoms with Crippen LogP contribution in [0.25, 0.3) is 0 Å². The van der Waals surface area contributed by atoms with Crippen molar-refractivity contribution in [3.05, 3.63) is 16.1 Å². The molecule has 6 heteroatoms. The third kappa shape index (κ3) is 3.67. The number of thiazole rings is 1. The molecule has 1 atom stereocenters. The summed E-state index contributed by atoms with van der Waals surface area (Å²) in [7, 11) is 0. The number of nitrogens with one attached hydrogen (secondary N) is 1. The number of carbonyl (C=O) groups excluding carboxylic acids is 1. The van der Waals surface area contributed by atoms with E-state index in [4.69, 9.17) is 0 Å². The second kappa shape index (κ2) is 7.06. The van der Waals surface area contributed by atoms with Crippen molar-refractivity contribution < 1.29 is 4.79 Å². The van der Waals surface area contributed by atoms with Gasteiger partial charge in [-0.15, -0.1) is 11.3 Å². The molecule has 0 radical (unpaired) electrons. The Kier molecular flexibility index (Phi) is 5.10. The van der Waals surface area contributed by atoms with Crippen LogP contribution < -0.4 is 5.32 Å². The molecule has 5 nitrogen and oxygen atoms in total. The minimum Gasteiger partial charge on any atom is -0.337 e. The van der Waals surface area contributed by atoms with Crippen LogP contribution in [-0.4, -0.2) is 59.5 Å². The quantitative estimate of drug-likeness (QED) is 0.916. The molecule has 0 aromatic carbocycles. The summed E-state index contributed by atoms with van der Waals surface area (Å²) in [5, 5.41) is 6.63. The first-order valence-corrected chi connectivity index (χ1v) is 9.16. The molecule has 122 valence electrons. The van der Waals surface area contributed by atoms with Crippen molar-refractivity contribution in [1.29, 1.82) is 0 Å². The molecule has 0 saturated carbocycles. The lowest BCUT2D eigenvalue weighted by Gasteiger charge is -2.38. The average molecular weight is 322 g/mol. The van der Waals surface area contributed by atoms with Gasteiger partial charge in [-0.3, -0.25) is 9.69 Å². The fourth-order valence-electron chi connectivity index (χ4n) is 3.45. The Morgan fingerprint density at radius 1 is 1.41 bits per heavy atom. The van der Waals surface area contributed by atoms with Crippen molar-refractivity contribution in [2.24, 2.45) is 5.92 Å². The van der Waals surface area contributed by atoms with Gasteiger partial charge >= 0.3 is 0 Å². The number of nitrogens with zero attached hydrogens (tertiary/aromatic N) is 3. The molecule has 1 N–H and O–H groups in total. The van der Waals surface area contributed by atoms with Gasteiger partial charge in [0.1, 0.15) is 0 Å². The molecule has 0 bridgehead atoms. The first kappa shape index (κ1) is 15.9. The second-order valence-electron chi connectivity index (χ2n) is 6.49. The van der Waals surface area contributed by atoms with Gasteiger partial charge in [0, 0.05) is 43.5 Å². The van der Waals surface area contributed by atoms with E-state index in [9.17, 15) is 4.79 Å². The van der Waals surface area contributed by atoms with E-state index in [0.717, 1.165) is 57.1 Å². The van der Waals surface area contributed by atoms with Crippen LogP contribution in [0.3, 0.4) is 0 Å². The smallest absolute Gasteiger partial charge is 0.226 e. The maximum Gasteiger partial charge on any atom is 0.226 e. The highest BCUT2D eigenvalue weighted by Crippen LogP contribution is 2.23. The number of carbonyl (C=O) groups is 1. The van der Waals surface area contributed by atoms with Crippen molar-refractivity contribution in [3.63, 3.8) is 0 Å². The van der Waals surface area contributed by atoms with Crippen LogP contribution in [0.2, 0.25) is 0 Å². The number of likely N-dealkylation sites (tertiary alicyclic amines) is 1. The first-order valence-electron chi connectivity index (χ1n) is 8.28. The van der Waals surface area contributed by atoms with Crippen molar-refractivity contribution in [3.8, 4) is 0 Å². The van der Waals surface area contributed by atoms with E-state index in [0.29, 0.717) is 11.9 Å². The number of aryl methyl sites for hydroxylation is 1. The summed E-state index contributed by atoms with van der Waals surface area (Å²) in [5.74, 6) is 0.590. The van der Waals surface area contributed by atoms with E-state index < -0.39 is 0 Å². The van der Waals surface area contributed by atoms with Crippen LogP contribution in [0.5, 0.6) is 0 Å². The number of aromatic nitrogens is 1. The van der Waals surface area contributed by atoms with Crippen molar-refractivity contribution in [1.82, 2.24) is 20.1 Å². The van der Waals surface area contributed by atoms with Gasteiger partial charge in [-0.25, -0.2) is 4.98 Å². The fourth-order valence-corrected chi connectivity index (χ4v) is 4.05. The molecule has 1 aromatic heterocycles. The zero-order chi connectivity index (χ0) is 15.5. The zero-order valence-electron chi connectivity index (χ0n) is 13.5. The molecule has 3 heterocycles. The van der Waals surface area contributed by atoms with E-state index in [1.54, 1.807) is 11.3 Å². The fraction of sp³-hybridized carbons (Fsp3) is 0.750. The molecule has 3 rings (SSSR count). The Bertz CT molecular complexity index is 510. The van der Waals surface area contributed by atoms with Gasteiger partial charge in [0.25, 0.3) is 0 Å². The van der Waals surface area contributed by atoms with Gasteiger partial charge in [0.2, 0.25) is 5.91 Å². The highest BCUT2D eigenvalue weighted by molar-refractivity contribution is 7.09. The summed E-state index contributed by atoms with van der Waals surface area (Å²) >= 11 is 1.71. The molecule has 2 aliphatic rings. The van der Waals surface area contributed by atoms with E-state index in [1.807, 2.05) is 6.92 Å². The Morgan fingerprint density at radius 2 is 2.18 bits per heavy atom. The Balaban J connectivity index is 1.49. The summed E-state index contributed by atoms with van der Waals surface area (Å²) < 4.78 is 0. The van der Waals surface area contributed by atoms with Gasteiger partial charge < -0.3 is 10.2 Å². The normalized spacial score (nSPS) is 24.6. The molecule has 0 aliphatic carbocycles. The number of hydrogen-bond donors (Lipinski definition) is 1. The Morgan fingerprint density at radius 3 is 2.82 bits per heavy atom. The number of piperazine rings is 1. The SMILES string of the molecule is Cc1nc(CN2CCC(C(=O)N3CCNC[C@H]3C)CC2)cs1. The highest BCUT2D eigenvalue weighted by atomic mass is 32.1. The van der Waals surface area contributed by atoms with Crippen LogP contribution >= 0.6 is 11.3 Å². The van der Waals surface area contributed by atoms with E-state index in [1.165, 1.54) is 5.69 Å². The van der Waals surface area contributed by atoms with Gasteiger partial charge in [0.05, 0.1) is 10.7 Å². The van der Waals surface area contributed by atoms with E-state index in [-0.39, 0.29) is 5.92 Å². The molecular weight excluding hydrogens is 296 g/mol. The predicted octanol–water partition coefficient (Wildman–Crippen LogP) is 1.48. The van der Waals surface area contributed by atoms with Crippen LogP contribution in [-0.2, 0) is 11.3 Å². The van der Waals surface area contributed by atoms with Gasteiger partial charge in [-0.1, -0.05) is 0 Å². The largest absolute Gasteiger partial charge is 0.337 e. The minimum absolute atomic E-state index is 0.217. The van der Waals surface area contributed by atoms with Crippen LogP contribution in [0, 0.1) is 12.8 Å². The summed E-state index contributed by atoms with van der Waals surface area (Å²) in [6.07, 6.45) is 1.97. The van der Waals surface area contributed by atoms with Crippen molar-refractivity contribution in [2.45, 2.75) is 39.3 Å². The molecule has 22 heavy (non-hydrogen) atoms. The molecule has 2 saturated heterocycles. The monoisotopic (exact) mass is 322 g/mol. The number of hydrogen-bond acceptors (Lipinski definition) is 5. The first-order chi connectivity index (χ1) is 10.6. The van der Waals surface area contributed by atoms with E-state index in [2.05, 4.69) is 32.4 Å². The number of amides is 1. The van der Waals surface area contributed by atoms with Crippen molar-refractivity contribution in [2.75, 3.05) is 32.7 Å². The number of rotatable bonds is 3. The predicted molar refractivity (Wildman–Crippen MR) is 88.9 cm³/mol. The zero-order valence-corrected chi connectivity index (χ0v) is 14.4. The second-order valence-corrected chi connectivity index (χ2v) is 7.56. The number of piperidine rings is 1. The minimum atomic E-state index is 0.217. The molecule has 0 spiro atoms. The highest BCUT2D eigenvalue weighted by Gasteiger charge is 2.31. The Labute approximate surface area is 136 Å². The van der Waals surface area contributed by atoms with Crippen LogP contribution in [0.1, 0.15) is 30.5 Å². The summed E-state index contributed by atoms with van der Waals surface area (Å²) in [6, 6.07) is 0.331. The van der Waals surface area contributed by atoms with Gasteiger partial charge in [-0.2, -0.15) is 0 Å². The Hall–Kier alpha value is -0.980. The molecular formula is C16H26N4OS. The lowest BCUT2D eigenvalue weighted by Crippen LogP contribution is -2.54. The van der Waals surface area contributed by atoms with Gasteiger partial charge in [0.15, 0.2) is 0 Å². The van der Waals surface area contributed by atoms with Crippen LogP contribution in [0.4, 0.5) is 0 Å². The van der Waals surface area contributed by atoms with Crippen molar-refractivity contribution >= 4 is 17.2 Å². The van der Waals surface area contributed by atoms with Crippen LogP contribution in [0.15, 0.2) is 5.38 Å². The van der Waals surface area contributed by atoms with E-state index >= 15 is 0 Å². The average Bonchev–Trinajstić information content (AvgIpc) is 2.93. The molecule has 1 aromatic rings. The molecule has 0 unspecified atom stereocenters. The molecule has 1 amide bonds. The summed E-state index contributed by atoms with van der Waals surface area (Å²) in [4.78, 5) is 21.8. The van der Waals surface area contributed by atoms with Gasteiger partial charge in [-0.05, 0) is 39.8 Å².